The number of amides is 1. The fourth-order valence-corrected chi connectivity index (χ4v) is 3.86. The summed E-state index contributed by atoms with van der Waals surface area (Å²) in [6.07, 6.45) is 1.88. The number of carbonyl (C=O) groups is 1. The number of ether oxygens (including phenoxy) is 1. The first-order valence-corrected chi connectivity index (χ1v) is 9.89. The molecule has 2 aromatic rings. The Hall–Kier alpha value is -2.33. The third-order valence-electron chi connectivity index (χ3n) is 5.58. The minimum absolute atomic E-state index is 0.0803. The zero-order chi connectivity index (χ0) is 19.2. The van der Waals surface area contributed by atoms with E-state index in [1.807, 2.05) is 23.1 Å². The first kappa shape index (κ1) is 19.4. The molecular weight excluding hydrogens is 336 g/mol. The molecular formula is C23H30N2O2. The smallest absolute Gasteiger partial charge is 0.226 e. The average Bonchev–Trinajstić information content (AvgIpc) is 2.75. The minimum atomic E-state index is 0.0803. The van der Waals surface area contributed by atoms with Gasteiger partial charge in [0.05, 0.1) is 13.2 Å². The van der Waals surface area contributed by atoms with Gasteiger partial charge in [0.1, 0.15) is 5.75 Å². The Balaban J connectivity index is 1.75. The highest BCUT2D eigenvalue weighted by atomic mass is 16.5. The molecule has 1 N–H and O–H groups in total. The van der Waals surface area contributed by atoms with E-state index in [1.165, 1.54) is 5.56 Å². The SMILES string of the molecule is CCN(C(=O)C1CCNCC1)C(C)c1ccc(-c2cccc(OC)c2)cc1. The normalized spacial score (nSPS) is 16.0. The van der Waals surface area contributed by atoms with Crippen molar-refractivity contribution in [1.82, 2.24) is 10.2 Å². The van der Waals surface area contributed by atoms with Crippen LogP contribution in [0.2, 0.25) is 0 Å². The molecule has 2 aromatic carbocycles. The number of hydrogen-bond donors (Lipinski definition) is 1. The lowest BCUT2D eigenvalue weighted by atomic mass is 9.94. The maximum atomic E-state index is 13.0. The number of hydrogen-bond acceptors (Lipinski definition) is 3. The molecule has 1 aliphatic heterocycles. The molecule has 1 fully saturated rings. The summed E-state index contributed by atoms with van der Waals surface area (Å²) in [4.78, 5) is 15.0. The van der Waals surface area contributed by atoms with Crippen molar-refractivity contribution in [2.24, 2.45) is 5.92 Å². The van der Waals surface area contributed by atoms with Gasteiger partial charge in [-0.25, -0.2) is 0 Å². The van der Waals surface area contributed by atoms with Crippen LogP contribution in [0.4, 0.5) is 0 Å². The van der Waals surface area contributed by atoms with Gasteiger partial charge in [-0.05, 0) is 68.6 Å². The molecule has 3 rings (SSSR count). The van der Waals surface area contributed by atoms with Crippen molar-refractivity contribution in [2.75, 3.05) is 26.7 Å². The second kappa shape index (κ2) is 9.05. The van der Waals surface area contributed by atoms with E-state index in [0.29, 0.717) is 5.91 Å². The summed E-state index contributed by atoms with van der Waals surface area (Å²) in [6.45, 7) is 6.82. The van der Waals surface area contributed by atoms with Crippen LogP contribution in [-0.4, -0.2) is 37.6 Å². The lowest BCUT2D eigenvalue weighted by molar-refractivity contribution is -0.138. The van der Waals surface area contributed by atoms with Gasteiger partial charge in [0, 0.05) is 12.5 Å². The van der Waals surface area contributed by atoms with Crippen LogP contribution >= 0.6 is 0 Å². The highest BCUT2D eigenvalue weighted by Crippen LogP contribution is 2.28. The van der Waals surface area contributed by atoms with Gasteiger partial charge in [-0.15, -0.1) is 0 Å². The number of methoxy groups -OCH3 is 1. The van der Waals surface area contributed by atoms with Crippen LogP contribution in [0, 0.1) is 5.92 Å². The van der Waals surface area contributed by atoms with Crippen LogP contribution in [0.15, 0.2) is 48.5 Å². The summed E-state index contributed by atoms with van der Waals surface area (Å²) in [6, 6.07) is 16.7. The maximum absolute atomic E-state index is 13.0. The predicted molar refractivity (Wildman–Crippen MR) is 110 cm³/mol. The van der Waals surface area contributed by atoms with Gasteiger partial charge < -0.3 is 15.0 Å². The van der Waals surface area contributed by atoms with Crippen LogP contribution in [0.5, 0.6) is 5.75 Å². The van der Waals surface area contributed by atoms with E-state index in [2.05, 4.69) is 49.5 Å². The van der Waals surface area contributed by atoms with E-state index in [9.17, 15) is 4.79 Å². The molecule has 27 heavy (non-hydrogen) atoms. The van der Waals surface area contributed by atoms with Crippen LogP contribution in [-0.2, 0) is 4.79 Å². The Bertz CT molecular complexity index is 751. The first-order valence-electron chi connectivity index (χ1n) is 9.89. The molecule has 1 heterocycles. The number of nitrogens with zero attached hydrogens (tertiary/aromatic N) is 1. The molecule has 0 radical (unpaired) electrons. The summed E-state index contributed by atoms with van der Waals surface area (Å²) in [5.41, 5.74) is 3.45. The van der Waals surface area contributed by atoms with E-state index < -0.39 is 0 Å². The Kier molecular flexibility index (Phi) is 6.51. The number of benzene rings is 2. The van der Waals surface area contributed by atoms with Crippen LogP contribution in [0.1, 0.15) is 38.3 Å². The molecule has 144 valence electrons. The number of carbonyl (C=O) groups excluding carboxylic acids is 1. The van der Waals surface area contributed by atoms with Gasteiger partial charge >= 0.3 is 0 Å². The van der Waals surface area contributed by atoms with E-state index in [-0.39, 0.29) is 12.0 Å². The second-order valence-electron chi connectivity index (χ2n) is 7.18. The topological polar surface area (TPSA) is 41.6 Å². The zero-order valence-corrected chi connectivity index (χ0v) is 16.6. The second-order valence-corrected chi connectivity index (χ2v) is 7.18. The molecule has 1 unspecified atom stereocenters. The summed E-state index contributed by atoms with van der Waals surface area (Å²) in [7, 11) is 1.68. The van der Waals surface area contributed by atoms with Crippen LogP contribution in [0.25, 0.3) is 11.1 Å². The van der Waals surface area contributed by atoms with Crippen LogP contribution in [0.3, 0.4) is 0 Å². The van der Waals surface area contributed by atoms with E-state index in [4.69, 9.17) is 4.74 Å². The van der Waals surface area contributed by atoms with Crippen molar-refractivity contribution >= 4 is 5.91 Å². The predicted octanol–water partition coefficient (Wildman–Crippen LogP) is 4.27. The lowest BCUT2D eigenvalue weighted by Crippen LogP contribution is -2.42. The molecule has 4 heteroatoms. The van der Waals surface area contributed by atoms with Crippen molar-refractivity contribution in [2.45, 2.75) is 32.7 Å². The minimum Gasteiger partial charge on any atom is -0.497 e. The fraction of sp³-hybridized carbons (Fsp3) is 0.435. The van der Waals surface area contributed by atoms with Crippen molar-refractivity contribution in [1.29, 1.82) is 0 Å². The highest BCUT2D eigenvalue weighted by molar-refractivity contribution is 5.79. The third kappa shape index (κ3) is 4.51. The average molecular weight is 367 g/mol. The summed E-state index contributed by atoms with van der Waals surface area (Å²) < 4.78 is 5.32. The van der Waals surface area contributed by atoms with Crippen molar-refractivity contribution in [3.8, 4) is 16.9 Å². The van der Waals surface area contributed by atoms with Gasteiger partial charge in [-0.1, -0.05) is 36.4 Å². The molecule has 0 aliphatic carbocycles. The first-order chi connectivity index (χ1) is 13.1. The summed E-state index contributed by atoms with van der Waals surface area (Å²) in [5.74, 6) is 1.31. The molecule has 4 nitrogen and oxygen atoms in total. The van der Waals surface area contributed by atoms with Gasteiger partial charge in [-0.2, -0.15) is 0 Å². The molecule has 0 spiro atoms. The molecule has 0 aromatic heterocycles. The van der Waals surface area contributed by atoms with E-state index >= 15 is 0 Å². The Morgan fingerprint density at radius 1 is 1.15 bits per heavy atom. The van der Waals surface area contributed by atoms with Crippen molar-refractivity contribution < 1.29 is 9.53 Å². The largest absolute Gasteiger partial charge is 0.497 e. The number of piperidine rings is 1. The summed E-state index contributed by atoms with van der Waals surface area (Å²) >= 11 is 0. The monoisotopic (exact) mass is 366 g/mol. The van der Waals surface area contributed by atoms with Crippen molar-refractivity contribution in [3.05, 3.63) is 54.1 Å². The molecule has 0 saturated carbocycles. The lowest BCUT2D eigenvalue weighted by Gasteiger charge is -2.33. The van der Waals surface area contributed by atoms with Crippen molar-refractivity contribution in [3.63, 3.8) is 0 Å². The molecule has 1 saturated heterocycles. The molecule has 1 amide bonds. The van der Waals surface area contributed by atoms with E-state index in [0.717, 1.165) is 49.4 Å². The molecule has 1 atom stereocenters. The quantitative estimate of drug-likeness (QED) is 0.830. The van der Waals surface area contributed by atoms with E-state index in [1.54, 1.807) is 7.11 Å². The summed E-state index contributed by atoms with van der Waals surface area (Å²) in [5, 5.41) is 3.34. The standard InChI is InChI=1S/C23H30N2O2/c1-4-25(23(26)20-12-14-24-15-13-20)17(2)18-8-10-19(11-9-18)21-6-5-7-22(16-21)27-3/h5-11,16-17,20,24H,4,12-15H2,1-3H3. The number of nitrogens with one attached hydrogen (secondary N) is 1. The fourth-order valence-electron chi connectivity index (χ4n) is 3.86. The molecule has 0 bridgehead atoms. The highest BCUT2D eigenvalue weighted by Gasteiger charge is 2.28. The third-order valence-corrected chi connectivity index (χ3v) is 5.58. The maximum Gasteiger partial charge on any atom is 0.226 e. The molecule has 1 aliphatic rings. The zero-order valence-electron chi connectivity index (χ0n) is 16.6. The number of rotatable bonds is 6. The van der Waals surface area contributed by atoms with Gasteiger partial charge in [0.25, 0.3) is 0 Å². The van der Waals surface area contributed by atoms with Gasteiger partial charge in [0.15, 0.2) is 0 Å². The Labute approximate surface area is 162 Å². The Morgan fingerprint density at radius 2 is 1.85 bits per heavy atom. The van der Waals surface area contributed by atoms with Gasteiger partial charge in [-0.3, -0.25) is 4.79 Å². The van der Waals surface area contributed by atoms with Gasteiger partial charge in [0.2, 0.25) is 5.91 Å². The Morgan fingerprint density at radius 3 is 2.48 bits per heavy atom. The van der Waals surface area contributed by atoms with Crippen LogP contribution < -0.4 is 10.1 Å².